The molecule has 0 saturated heterocycles. The first-order chi connectivity index (χ1) is 11.4. The van der Waals surface area contributed by atoms with Crippen LogP contribution in [0.3, 0.4) is 0 Å². The molecule has 1 heterocycles. The minimum Gasteiger partial charge on any atom is -0.352 e. The summed E-state index contributed by atoms with van der Waals surface area (Å²) in [5.41, 5.74) is 4.89. The van der Waals surface area contributed by atoms with E-state index >= 15 is 0 Å². The first kappa shape index (κ1) is 17.7. The molecule has 0 saturated carbocycles. The molecule has 0 atom stereocenters. The molecule has 6 heteroatoms. The fourth-order valence-corrected chi connectivity index (χ4v) is 2.58. The maximum atomic E-state index is 12.2. The van der Waals surface area contributed by atoms with Crippen molar-refractivity contribution in [1.29, 1.82) is 0 Å². The molecule has 24 heavy (non-hydrogen) atoms. The lowest BCUT2D eigenvalue weighted by Crippen LogP contribution is -2.26. The van der Waals surface area contributed by atoms with Crippen LogP contribution in [0.25, 0.3) is 0 Å². The van der Waals surface area contributed by atoms with E-state index in [9.17, 15) is 9.59 Å². The van der Waals surface area contributed by atoms with Crippen LogP contribution in [0.15, 0.2) is 24.3 Å². The minimum atomic E-state index is -0.0970. The quantitative estimate of drug-likeness (QED) is 0.846. The fraction of sp³-hybridized carbons (Fsp3) is 0.389. The van der Waals surface area contributed by atoms with Gasteiger partial charge in [0.2, 0.25) is 5.91 Å². The van der Waals surface area contributed by atoms with Gasteiger partial charge in [0.05, 0.1) is 5.69 Å². The van der Waals surface area contributed by atoms with E-state index in [1.807, 2.05) is 37.7 Å². The van der Waals surface area contributed by atoms with Gasteiger partial charge in [-0.25, -0.2) is 0 Å². The number of aryl methyl sites for hydroxylation is 2. The van der Waals surface area contributed by atoms with Gasteiger partial charge in [0.15, 0.2) is 0 Å². The van der Waals surface area contributed by atoms with Crippen LogP contribution in [-0.2, 0) is 24.8 Å². The Kier molecular flexibility index (Phi) is 5.73. The van der Waals surface area contributed by atoms with Gasteiger partial charge in [-0.05, 0) is 43.5 Å². The van der Waals surface area contributed by atoms with Crippen molar-refractivity contribution in [3.63, 3.8) is 0 Å². The Morgan fingerprint density at radius 1 is 1.12 bits per heavy atom. The number of nitrogens with zero attached hydrogens (tertiary/aromatic N) is 2. The fourth-order valence-electron chi connectivity index (χ4n) is 2.58. The zero-order valence-electron chi connectivity index (χ0n) is 14.6. The van der Waals surface area contributed by atoms with E-state index in [0.29, 0.717) is 18.7 Å². The van der Waals surface area contributed by atoms with E-state index < -0.39 is 0 Å². The summed E-state index contributed by atoms with van der Waals surface area (Å²) in [5.74, 6) is -0.168. The number of rotatable bonds is 6. The normalized spacial score (nSPS) is 10.5. The van der Waals surface area contributed by atoms with Crippen LogP contribution < -0.4 is 10.6 Å². The molecular weight excluding hydrogens is 304 g/mol. The van der Waals surface area contributed by atoms with Gasteiger partial charge in [0.25, 0.3) is 5.91 Å². The summed E-state index contributed by atoms with van der Waals surface area (Å²) in [6.07, 6.45) is 0.762. The van der Waals surface area contributed by atoms with Crippen LogP contribution in [0.1, 0.15) is 39.8 Å². The molecule has 0 bridgehead atoms. The van der Waals surface area contributed by atoms with Crippen molar-refractivity contribution in [2.24, 2.45) is 7.05 Å². The average molecular weight is 328 g/mol. The smallest absolute Gasteiger partial charge is 0.251 e. The van der Waals surface area contributed by atoms with Gasteiger partial charge in [0.1, 0.15) is 0 Å². The Hall–Kier alpha value is -2.63. The summed E-state index contributed by atoms with van der Waals surface area (Å²) in [5, 5.41) is 10.0. The SMILES string of the molecule is CC(=O)NCc1ccc(C(=O)NCCc2c(C)nn(C)c2C)cc1. The molecule has 128 valence electrons. The van der Waals surface area contributed by atoms with Crippen molar-refractivity contribution in [3.8, 4) is 0 Å². The second-order valence-corrected chi connectivity index (χ2v) is 5.89. The van der Waals surface area contributed by atoms with E-state index in [1.165, 1.54) is 12.5 Å². The van der Waals surface area contributed by atoms with Gasteiger partial charge in [-0.15, -0.1) is 0 Å². The highest BCUT2D eigenvalue weighted by molar-refractivity contribution is 5.94. The molecule has 0 radical (unpaired) electrons. The van der Waals surface area contributed by atoms with E-state index in [-0.39, 0.29) is 11.8 Å². The third-order valence-electron chi connectivity index (χ3n) is 4.08. The number of benzene rings is 1. The molecule has 0 spiro atoms. The predicted octanol–water partition coefficient (Wildman–Crippen LogP) is 1.65. The van der Waals surface area contributed by atoms with Crippen LogP contribution in [0.4, 0.5) is 0 Å². The van der Waals surface area contributed by atoms with Crippen LogP contribution in [0, 0.1) is 13.8 Å². The molecule has 2 aromatic rings. The number of nitrogens with one attached hydrogen (secondary N) is 2. The molecule has 0 aliphatic carbocycles. The van der Waals surface area contributed by atoms with Crippen LogP contribution >= 0.6 is 0 Å². The molecule has 0 unspecified atom stereocenters. The van der Waals surface area contributed by atoms with Crippen LogP contribution in [0.5, 0.6) is 0 Å². The van der Waals surface area contributed by atoms with Gasteiger partial charge in [-0.1, -0.05) is 12.1 Å². The Morgan fingerprint density at radius 3 is 2.33 bits per heavy atom. The summed E-state index contributed by atoms with van der Waals surface area (Å²) in [7, 11) is 1.92. The number of carbonyl (C=O) groups excluding carboxylic acids is 2. The summed E-state index contributed by atoms with van der Waals surface area (Å²) in [4.78, 5) is 23.1. The Morgan fingerprint density at radius 2 is 1.79 bits per heavy atom. The number of hydrogen-bond donors (Lipinski definition) is 2. The largest absolute Gasteiger partial charge is 0.352 e. The Bertz CT molecular complexity index is 732. The number of hydrogen-bond acceptors (Lipinski definition) is 3. The topological polar surface area (TPSA) is 76.0 Å². The van der Waals surface area contributed by atoms with E-state index in [4.69, 9.17) is 0 Å². The van der Waals surface area contributed by atoms with Gasteiger partial charge in [0, 0.05) is 38.3 Å². The van der Waals surface area contributed by atoms with Crippen molar-refractivity contribution in [3.05, 3.63) is 52.3 Å². The lowest BCUT2D eigenvalue weighted by atomic mass is 10.1. The van der Waals surface area contributed by atoms with Gasteiger partial charge in [-0.2, -0.15) is 5.10 Å². The second-order valence-electron chi connectivity index (χ2n) is 5.89. The van der Waals surface area contributed by atoms with Crippen molar-refractivity contribution < 1.29 is 9.59 Å². The highest BCUT2D eigenvalue weighted by Gasteiger charge is 2.10. The molecule has 0 aliphatic heterocycles. The number of amides is 2. The molecule has 2 N–H and O–H groups in total. The molecule has 0 aliphatic rings. The summed E-state index contributed by atoms with van der Waals surface area (Å²) >= 11 is 0. The van der Waals surface area contributed by atoms with Gasteiger partial charge in [-0.3, -0.25) is 14.3 Å². The molecule has 1 aromatic heterocycles. The van der Waals surface area contributed by atoms with Gasteiger partial charge >= 0.3 is 0 Å². The minimum absolute atomic E-state index is 0.0715. The predicted molar refractivity (Wildman–Crippen MR) is 92.7 cm³/mol. The monoisotopic (exact) mass is 328 g/mol. The van der Waals surface area contributed by atoms with Crippen molar-refractivity contribution >= 4 is 11.8 Å². The molecular formula is C18H24N4O2. The first-order valence-corrected chi connectivity index (χ1v) is 7.99. The van der Waals surface area contributed by atoms with E-state index in [2.05, 4.69) is 15.7 Å². The molecule has 2 amide bonds. The Balaban J connectivity index is 1.87. The second kappa shape index (κ2) is 7.77. The lowest BCUT2D eigenvalue weighted by molar-refractivity contribution is -0.119. The van der Waals surface area contributed by atoms with Crippen molar-refractivity contribution in [2.75, 3.05) is 6.54 Å². The third-order valence-corrected chi connectivity index (χ3v) is 4.08. The average Bonchev–Trinajstić information content (AvgIpc) is 2.79. The highest BCUT2D eigenvalue weighted by atomic mass is 16.2. The van der Waals surface area contributed by atoms with Crippen molar-refractivity contribution in [1.82, 2.24) is 20.4 Å². The van der Waals surface area contributed by atoms with Gasteiger partial charge < -0.3 is 10.6 Å². The zero-order chi connectivity index (χ0) is 17.7. The molecule has 6 nitrogen and oxygen atoms in total. The lowest BCUT2D eigenvalue weighted by Gasteiger charge is -2.07. The maximum absolute atomic E-state index is 12.2. The zero-order valence-corrected chi connectivity index (χ0v) is 14.6. The highest BCUT2D eigenvalue weighted by Crippen LogP contribution is 2.12. The van der Waals surface area contributed by atoms with E-state index in [0.717, 1.165) is 23.4 Å². The number of aromatic nitrogens is 2. The summed E-state index contributed by atoms with van der Waals surface area (Å²) in [6.45, 7) is 6.53. The third kappa shape index (κ3) is 4.44. The number of carbonyl (C=O) groups is 2. The summed E-state index contributed by atoms with van der Waals surface area (Å²) in [6, 6.07) is 7.24. The Labute approximate surface area is 142 Å². The van der Waals surface area contributed by atoms with Crippen LogP contribution in [0.2, 0.25) is 0 Å². The first-order valence-electron chi connectivity index (χ1n) is 7.99. The summed E-state index contributed by atoms with van der Waals surface area (Å²) < 4.78 is 1.86. The molecule has 0 fully saturated rings. The van der Waals surface area contributed by atoms with E-state index in [1.54, 1.807) is 12.1 Å². The standard InChI is InChI=1S/C18H24N4O2/c1-12-17(13(2)22(4)21-12)9-10-19-18(24)16-7-5-15(6-8-16)11-20-14(3)23/h5-8H,9-11H2,1-4H3,(H,19,24)(H,20,23). The van der Waals surface area contributed by atoms with Crippen LogP contribution in [-0.4, -0.2) is 28.1 Å². The maximum Gasteiger partial charge on any atom is 0.251 e. The molecule has 1 aromatic carbocycles. The molecule has 2 rings (SSSR count). The van der Waals surface area contributed by atoms with Crippen molar-refractivity contribution in [2.45, 2.75) is 33.7 Å².